The monoisotopic (exact) mass is 370 g/mol. The Morgan fingerprint density at radius 2 is 2.05 bits per heavy atom. The average molecular weight is 371 g/mol. The maximum absolute atomic E-state index is 12.6. The van der Waals surface area contributed by atoms with E-state index in [4.69, 9.17) is 14.2 Å². The summed E-state index contributed by atoms with van der Waals surface area (Å²) in [5.41, 5.74) is 0.945. The Hall–Kier alpha value is -1.30. The van der Waals surface area contributed by atoms with Gasteiger partial charge in [-0.2, -0.15) is 0 Å². The van der Waals surface area contributed by atoms with Crippen molar-refractivity contribution in [1.82, 2.24) is 0 Å². The van der Waals surface area contributed by atoms with Crippen LogP contribution in [0.15, 0.2) is 23.0 Å². The Balaban J connectivity index is 2.17. The van der Waals surface area contributed by atoms with E-state index in [1.54, 1.807) is 6.26 Å². The van der Waals surface area contributed by atoms with Gasteiger partial charge in [-0.25, -0.2) is 4.79 Å². The average Bonchev–Trinajstić information content (AvgIpc) is 2.79. The summed E-state index contributed by atoms with van der Waals surface area (Å²) >= 11 is 3.65. The highest BCUT2D eigenvalue weighted by molar-refractivity contribution is 9.09. The van der Waals surface area contributed by atoms with E-state index in [0.717, 1.165) is 43.3 Å². The van der Waals surface area contributed by atoms with Crippen molar-refractivity contribution < 1.29 is 23.8 Å². The van der Waals surface area contributed by atoms with E-state index in [-0.39, 0.29) is 4.83 Å². The van der Waals surface area contributed by atoms with Gasteiger partial charge in [-0.05, 0) is 30.4 Å². The highest BCUT2D eigenvalue weighted by atomic mass is 79.9. The molecule has 0 aromatic heterocycles. The topological polar surface area (TPSA) is 61.8 Å². The lowest BCUT2D eigenvalue weighted by Crippen LogP contribution is -2.57. The molecular formula is C16H19BrO5. The summed E-state index contributed by atoms with van der Waals surface area (Å²) in [7, 11) is 2.67. The predicted molar refractivity (Wildman–Crippen MR) is 82.2 cm³/mol. The van der Waals surface area contributed by atoms with Crippen molar-refractivity contribution in [2.24, 2.45) is 5.41 Å². The molecule has 0 spiro atoms. The molecule has 3 aliphatic rings. The van der Waals surface area contributed by atoms with Gasteiger partial charge >= 0.3 is 11.9 Å². The molecule has 5 nitrogen and oxygen atoms in total. The molecule has 1 aliphatic heterocycles. The van der Waals surface area contributed by atoms with Gasteiger partial charge in [0.15, 0.2) is 5.41 Å². The Morgan fingerprint density at radius 3 is 2.73 bits per heavy atom. The van der Waals surface area contributed by atoms with E-state index in [1.807, 2.05) is 0 Å². The molecule has 0 fully saturated rings. The number of carbonyl (C=O) groups is 2. The molecule has 22 heavy (non-hydrogen) atoms. The van der Waals surface area contributed by atoms with Crippen molar-refractivity contribution >= 4 is 27.9 Å². The second-order valence-electron chi connectivity index (χ2n) is 5.85. The maximum atomic E-state index is 12.6. The van der Waals surface area contributed by atoms with Gasteiger partial charge in [0.2, 0.25) is 0 Å². The SMILES string of the molecule is COC(=O)C1=C2[C@@H](Br)CCCCCC3=CO[C@@H]2[C@]31C(=O)OC. The van der Waals surface area contributed by atoms with Crippen molar-refractivity contribution in [3.8, 4) is 0 Å². The van der Waals surface area contributed by atoms with E-state index in [1.165, 1.54) is 14.2 Å². The Labute approximate surface area is 137 Å². The van der Waals surface area contributed by atoms with Crippen LogP contribution < -0.4 is 0 Å². The van der Waals surface area contributed by atoms with Crippen LogP contribution in [0.1, 0.15) is 32.1 Å². The number of fused-ring (bicyclic) bond motifs is 1. The van der Waals surface area contributed by atoms with E-state index in [9.17, 15) is 9.59 Å². The zero-order valence-electron chi connectivity index (χ0n) is 12.7. The summed E-state index contributed by atoms with van der Waals surface area (Å²) in [6.07, 6.45) is 5.94. The van der Waals surface area contributed by atoms with Crippen molar-refractivity contribution in [2.45, 2.75) is 43.0 Å². The lowest BCUT2D eigenvalue weighted by molar-refractivity contribution is -0.157. The van der Waals surface area contributed by atoms with Gasteiger partial charge in [0.05, 0.1) is 26.1 Å². The van der Waals surface area contributed by atoms with Gasteiger partial charge in [-0.15, -0.1) is 0 Å². The molecular weight excluding hydrogens is 352 g/mol. The fraction of sp³-hybridized carbons (Fsp3) is 0.625. The number of esters is 2. The Bertz CT molecular complexity index is 579. The minimum atomic E-state index is -1.11. The molecule has 3 rings (SSSR count). The summed E-state index contributed by atoms with van der Waals surface area (Å²) in [4.78, 5) is 25.0. The fourth-order valence-electron chi connectivity index (χ4n) is 3.82. The first-order valence-corrected chi connectivity index (χ1v) is 8.40. The van der Waals surface area contributed by atoms with Gasteiger partial charge in [0, 0.05) is 4.83 Å². The Kier molecular flexibility index (Phi) is 4.05. The molecule has 6 heteroatoms. The molecule has 0 N–H and O–H groups in total. The number of rotatable bonds is 2. The van der Waals surface area contributed by atoms with Crippen LogP contribution in [-0.2, 0) is 23.8 Å². The summed E-state index contributed by atoms with van der Waals surface area (Å²) in [6, 6.07) is 0. The second-order valence-corrected chi connectivity index (χ2v) is 6.95. The maximum Gasteiger partial charge on any atom is 0.335 e. The molecule has 0 saturated heterocycles. The van der Waals surface area contributed by atoms with Crippen LogP contribution in [0, 0.1) is 5.41 Å². The summed E-state index contributed by atoms with van der Waals surface area (Å²) in [6.45, 7) is 0. The molecule has 0 aromatic carbocycles. The highest BCUT2D eigenvalue weighted by Crippen LogP contribution is 2.61. The molecule has 0 aromatic rings. The molecule has 0 unspecified atom stereocenters. The third-order valence-electron chi connectivity index (χ3n) is 4.85. The number of ether oxygens (including phenoxy) is 3. The second kappa shape index (κ2) is 5.72. The zero-order chi connectivity index (χ0) is 15.9. The van der Waals surface area contributed by atoms with Crippen LogP contribution in [0.5, 0.6) is 0 Å². The van der Waals surface area contributed by atoms with Crippen LogP contribution >= 0.6 is 15.9 Å². The highest BCUT2D eigenvalue weighted by Gasteiger charge is 2.69. The number of hydrogen-bond acceptors (Lipinski definition) is 5. The van der Waals surface area contributed by atoms with Gasteiger partial charge < -0.3 is 14.2 Å². The molecule has 0 saturated carbocycles. The van der Waals surface area contributed by atoms with Crippen molar-refractivity contribution in [2.75, 3.05) is 14.2 Å². The van der Waals surface area contributed by atoms with Crippen molar-refractivity contribution in [3.05, 3.63) is 23.0 Å². The Morgan fingerprint density at radius 1 is 1.27 bits per heavy atom. The van der Waals surface area contributed by atoms with Crippen molar-refractivity contribution in [1.29, 1.82) is 0 Å². The van der Waals surface area contributed by atoms with Crippen LogP contribution in [-0.4, -0.2) is 37.1 Å². The lowest BCUT2D eigenvalue weighted by Gasteiger charge is -2.47. The third-order valence-corrected chi connectivity index (χ3v) is 5.80. The van der Waals surface area contributed by atoms with E-state index >= 15 is 0 Å². The molecule has 1 heterocycles. The number of methoxy groups -OCH3 is 2. The minimum Gasteiger partial charge on any atom is -0.492 e. The largest absolute Gasteiger partial charge is 0.492 e. The fourth-order valence-corrected chi connectivity index (χ4v) is 4.62. The molecule has 3 atom stereocenters. The summed E-state index contributed by atoms with van der Waals surface area (Å²) in [5, 5.41) is 0. The van der Waals surface area contributed by atoms with Crippen LogP contribution in [0.4, 0.5) is 0 Å². The number of alkyl halides is 1. The normalized spacial score (nSPS) is 33.3. The molecule has 2 bridgehead atoms. The van der Waals surface area contributed by atoms with Gasteiger partial charge in [-0.1, -0.05) is 28.8 Å². The standard InChI is InChI=1S/C16H19BrO5/c1-20-14(18)12-11-10(17)7-5-3-4-6-9-8-22-13(11)16(9,12)15(19)21-2/h8,10,13H,3-7H2,1-2H3/t10-,13-,16-/m0/s1. The first-order chi connectivity index (χ1) is 10.6. The first kappa shape index (κ1) is 15.6. The van der Waals surface area contributed by atoms with E-state index < -0.39 is 23.5 Å². The molecule has 2 aliphatic carbocycles. The number of carbonyl (C=O) groups excluding carboxylic acids is 2. The zero-order valence-corrected chi connectivity index (χ0v) is 14.3. The van der Waals surface area contributed by atoms with Gasteiger partial charge in [-0.3, -0.25) is 4.79 Å². The molecule has 0 radical (unpaired) electrons. The first-order valence-electron chi connectivity index (χ1n) is 7.49. The van der Waals surface area contributed by atoms with Crippen LogP contribution in [0.3, 0.4) is 0 Å². The number of hydrogen-bond donors (Lipinski definition) is 0. The summed E-state index contributed by atoms with van der Waals surface area (Å²) < 4.78 is 15.7. The van der Waals surface area contributed by atoms with Gasteiger partial charge in [0.1, 0.15) is 6.10 Å². The molecule has 0 amide bonds. The summed E-state index contributed by atoms with van der Waals surface area (Å²) in [5.74, 6) is -0.913. The van der Waals surface area contributed by atoms with E-state index in [0.29, 0.717) is 5.57 Å². The lowest BCUT2D eigenvalue weighted by atomic mass is 9.56. The van der Waals surface area contributed by atoms with Crippen LogP contribution in [0.25, 0.3) is 0 Å². The van der Waals surface area contributed by atoms with Crippen molar-refractivity contribution in [3.63, 3.8) is 0 Å². The molecule has 120 valence electrons. The van der Waals surface area contributed by atoms with Gasteiger partial charge in [0.25, 0.3) is 0 Å². The minimum absolute atomic E-state index is 0.00947. The van der Waals surface area contributed by atoms with E-state index in [2.05, 4.69) is 15.9 Å². The third kappa shape index (κ3) is 1.89. The smallest absolute Gasteiger partial charge is 0.335 e. The van der Waals surface area contributed by atoms with Crippen LogP contribution in [0.2, 0.25) is 0 Å². The predicted octanol–water partition coefficient (Wildman–Crippen LogP) is 2.64. The quantitative estimate of drug-likeness (QED) is 0.552. The number of halogens is 1.